The Balaban J connectivity index is 2.14. The second-order valence-electron chi connectivity index (χ2n) is 4.41. The van der Waals surface area contributed by atoms with Crippen molar-refractivity contribution in [2.75, 3.05) is 6.61 Å². The number of nitrogens with zero attached hydrogens (tertiary/aromatic N) is 1. The molecular formula is C16H16N2O3. The van der Waals surface area contributed by atoms with Crippen molar-refractivity contribution in [1.82, 2.24) is 10.3 Å². The van der Waals surface area contributed by atoms with E-state index in [1.54, 1.807) is 30.7 Å². The average molecular weight is 284 g/mol. The normalized spacial score (nSPS) is 11.3. The van der Waals surface area contributed by atoms with Crippen LogP contribution in [0.1, 0.15) is 41.1 Å². The van der Waals surface area contributed by atoms with Crippen LogP contribution in [-0.4, -0.2) is 22.6 Å². The fraction of sp³-hybridized carbons (Fsp3) is 0.250. The van der Waals surface area contributed by atoms with Crippen molar-refractivity contribution in [2.45, 2.75) is 19.4 Å². The van der Waals surface area contributed by atoms with E-state index in [0.29, 0.717) is 23.3 Å². The standard InChI is InChI=1S/C16H16N2O3/c1-12(15-6-4-10-21-15)18-16(20)14-7-8-17-11-13(14)5-2-3-9-19/h4,6-8,10-12,19H,3,9H2,1H3,(H,18,20). The summed E-state index contributed by atoms with van der Waals surface area (Å²) in [4.78, 5) is 16.3. The molecule has 5 nitrogen and oxygen atoms in total. The highest BCUT2D eigenvalue weighted by Crippen LogP contribution is 2.14. The summed E-state index contributed by atoms with van der Waals surface area (Å²) >= 11 is 0. The lowest BCUT2D eigenvalue weighted by Crippen LogP contribution is -2.27. The van der Waals surface area contributed by atoms with E-state index in [4.69, 9.17) is 9.52 Å². The number of aromatic nitrogens is 1. The van der Waals surface area contributed by atoms with Crippen molar-refractivity contribution in [1.29, 1.82) is 0 Å². The number of pyridine rings is 1. The van der Waals surface area contributed by atoms with Crippen LogP contribution in [0.4, 0.5) is 0 Å². The van der Waals surface area contributed by atoms with Gasteiger partial charge in [0.25, 0.3) is 5.91 Å². The van der Waals surface area contributed by atoms with Gasteiger partial charge in [0.1, 0.15) is 5.76 Å². The molecule has 1 atom stereocenters. The number of aliphatic hydroxyl groups is 1. The SMILES string of the molecule is CC(NC(=O)c1ccncc1C#CCCO)c1ccco1. The lowest BCUT2D eigenvalue weighted by atomic mass is 10.1. The molecule has 1 unspecified atom stereocenters. The molecule has 0 saturated carbocycles. The van der Waals surface area contributed by atoms with Gasteiger partial charge in [-0.25, -0.2) is 0 Å². The molecule has 5 heteroatoms. The van der Waals surface area contributed by atoms with Gasteiger partial charge in [0.15, 0.2) is 0 Å². The number of carbonyl (C=O) groups is 1. The first kappa shape index (κ1) is 14.8. The van der Waals surface area contributed by atoms with E-state index in [1.807, 2.05) is 6.92 Å². The van der Waals surface area contributed by atoms with Gasteiger partial charge in [-0.15, -0.1) is 0 Å². The van der Waals surface area contributed by atoms with E-state index in [9.17, 15) is 4.79 Å². The van der Waals surface area contributed by atoms with Crippen LogP contribution in [0.25, 0.3) is 0 Å². The third kappa shape index (κ3) is 3.94. The Bertz CT molecular complexity index is 654. The minimum atomic E-state index is -0.241. The lowest BCUT2D eigenvalue weighted by molar-refractivity contribution is 0.0935. The molecule has 0 bridgehead atoms. The molecule has 0 aliphatic carbocycles. The molecule has 21 heavy (non-hydrogen) atoms. The molecule has 0 spiro atoms. The van der Waals surface area contributed by atoms with Gasteiger partial charge in [-0.1, -0.05) is 11.8 Å². The summed E-state index contributed by atoms with van der Waals surface area (Å²) in [6.45, 7) is 1.83. The zero-order chi connectivity index (χ0) is 15.1. The van der Waals surface area contributed by atoms with Crippen LogP contribution in [0.2, 0.25) is 0 Å². The first-order valence-electron chi connectivity index (χ1n) is 6.60. The number of nitrogens with one attached hydrogen (secondary N) is 1. The summed E-state index contributed by atoms with van der Waals surface area (Å²) < 4.78 is 5.26. The molecule has 2 N–H and O–H groups in total. The smallest absolute Gasteiger partial charge is 0.253 e. The molecule has 0 aromatic carbocycles. The fourth-order valence-corrected chi connectivity index (χ4v) is 1.79. The number of hydrogen-bond donors (Lipinski definition) is 2. The predicted octanol–water partition coefficient (Wildman–Crippen LogP) is 1.90. The largest absolute Gasteiger partial charge is 0.467 e. The predicted molar refractivity (Wildman–Crippen MR) is 77.4 cm³/mol. The minimum Gasteiger partial charge on any atom is -0.467 e. The zero-order valence-corrected chi connectivity index (χ0v) is 11.7. The Labute approximate surface area is 123 Å². The summed E-state index contributed by atoms with van der Waals surface area (Å²) in [5.41, 5.74) is 0.990. The second-order valence-corrected chi connectivity index (χ2v) is 4.41. The van der Waals surface area contributed by atoms with Gasteiger partial charge in [0, 0.05) is 18.8 Å². The molecule has 0 aliphatic heterocycles. The van der Waals surface area contributed by atoms with Crippen molar-refractivity contribution >= 4 is 5.91 Å². The monoisotopic (exact) mass is 284 g/mol. The summed E-state index contributed by atoms with van der Waals surface area (Å²) in [6, 6.07) is 4.96. The highest BCUT2D eigenvalue weighted by molar-refractivity contribution is 5.96. The third-order valence-electron chi connectivity index (χ3n) is 2.84. The van der Waals surface area contributed by atoms with Gasteiger partial charge in [0.05, 0.1) is 30.0 Å². The number of hydrogen-bond acceptors (Lipinski definition) is 4. The van der Waals surface area contributed by atoms with Crippen LogP contribution < -0.4 is 5.32 Å². The van der Waals surface area contributed by atoms with Gasteiger partial charge >= 0.3 is 0 Å². The van der Waals surface area contributed by atoms with Gasteiger partial charge in [-0.05, 0) is 25.1 Å². The molecule has 0 aliphatic rings. The van der Waals surface area contributed by atoms with Crippen LogP contribution in [0, 0.1) is 11.8 Å². The minimum absolute atomic E-state index is 0.00960. The number of furan rings is 1. The summed E-state index contributed by atoms with van der Waals surface area (Å²) in [7, 11) is 0. The molecule has 0 saturated heterocycles. The molecule has 108 valence electrons. The Morgan fingerprint density at radius 3 is 3.10 bits per heavy atom. The summed E-state index contributed by atoms with van der Waals surface area (Å²) in [5.74, 6) is 6.08. The van der Waals surface area contributed by atoms with Crippen LogP contribution in [0.15, 0.2) is 41.3 Å². The molecule has 2 aromatic heterocycles. The van der Waals surface area contributed by atoms with E-state index in [0.717, 1.165) is 0 Å². The Hall–Kier alpha value is -2.58. The van der Waals surface area contributed by atoms with Crippen LogP contribution >= 0.6 is 0 Å². The lowest BCUT2D eigenvalue weighted by Gasteiger charge is -2.12. The topological polar surface area (TPSA) is 75.4 Å². The van der Waals surface area contributed by atoms with Crippen LogP contribution in [-0.2, 0) is 0 Å². The maximum absolute atomic E-state index is 12.3. The van der Waals surface area contributed by atoms with Crippen molar-refractivity contribution in [3.8, 4) is 11.8 Å². The Morgan fingerprint density at radius 2 is 2.38 bits per heavy atom. The van der Waals surface area contributed by atoms with E-state index < -0.39 is 0 Å². The van der Waals surface area contributed by atoms with Crippen molar-refractivity contribution in [2.24, 2.45) is 0 Å². The van der Waals surface area contributed by atoms with Gasteiger partial charge in [-0.2, -0.15) is 0 Å². The fourth-order valence-electron chi connectivity index (χ4n) is 1.79. The highest BCUT2D eigenvalue weighted by Gasteiger charge is 2.15. The molecule has 2 aromatic rings. The maximum Gasteiger partial charge on any atom is 0.253 e. The second kappa shape index (κ2) is 7.27. The molecular weight excluding hydrogens is 268 g/mol. The van der Waals surface area contributed by atoms with Crippen molar-refractivity contribution in [3.05, 3.63) is 53.7 Å². The van der Waals surface area contributed by atoms with Gasteiger partial charge < -0.3 is 14.8 Å². The van der Waals surface area contributed by atoms with E-state index >= 15 is 0 Å². The highest BCUT2D eigenvalue weighted by atomic mass is 16.3. The Morgan fingerprint density at radius 1 is 1.52 bits per heavy atom. The van der Waals surface area contributed by atoms with Crippen molar-refractivity contribution < 1.29 is 14.3 Å². The number of amides is 1. The molecule has 1 amide bonds. The zero-order valence-electron chi connectivity index (χ0n) is 11.7. The molecule has 2 rings (SSSR count). The van der Waals surface area contributed by atoms with Gasteiger partial charge in [-0.3, -0.25) is 9.78 Å². The molecule has 0 fully saturated rings. The first-order valence-corrected chi connectivity index (χ1v) is 6.60. The first-order chi connectivity index (χ1) is 10.2. The summed E-state index contributed by atoms with van der Waals surface area (Å²) in [5, 5.41) is 11.6. The number of rotatable bonds is 4. The molecule has 2 heterocycles. The van der Waals surface area contributed by atoms with Crippen LogP contribution in [0.3, 0.4) is 0 Å². The van der Waals surface area contributed by atoms with E-state index in [1.165, 1.54) is 6.20 Å². The average Bonchev–Trinajstić information content (AvgIpc) is 3.02. The van der Waals surface area contributed by atoms with Crippen molar-refractivity contribution in [3.63, 3.8) is 0 Å². The quantitative estimate of drug-likeness (QED) is 0.841. The number of carbonyl (C=O) groups excluding carboxylic acids is 1. The summed E-state index contributed by atoms with van der Waals surface area (Å²) in [6.07, 6.45) is 5.01. The van der Waals surface area contributed by atoms with Gasteiger partial charge in [0.2, 0.25) is 0 Å². The van der Waals surface area contributed by atoms with E-state index in [2.05, 4.69) is 22.1 Å². The Kier molecular flexibility index (Phi) is 5.13. The number of aliphatic hydroxyl groups excluding tert-OH is 1. The van der Waals surface area contributed by atoms with E-state index in [-0.39, 0.29) is 18.6 Å². The molecule has 0 radical (unpaired) electrons. The third-order valence-corrected chi connectivity index (χ3v) is 2.84. The maximum atomic E-state index is 12.3. The van der Waals surface area contributed by atoms with Crippen LogP contribution in [0.5, 0.6) is 0 Å².